The maximum atomic E-state index is 12.7. The Morgan fingerprint density at radius 3 is 2.52 bits per heavy atom. The lowest BCUT2D eigenvalue weighted by molar-refractivity contribution is 0.0743. The first-order chi connectivity index (χ1) is 12.0. The Labute approximate surface area is 146 Å². The maximum Gasteiger partial charge on any atom is 0.259 e. The standard InChI is InChI=1S/C17H23N5O3/c1-5-24-14-10-11(2)18-17(19-14)22-8-6-21(7-9-22)16(23)15-12(3)20-25-13(15)4/h10H,5-9H2,1-4H3. The Bertz CT molecular complexity index is 746. The molecule has 8 heteroatoms. The molecule has 0 bridgehead atoms. The summed E-state index contributed by atoms with van der Waals surface area (Å²) >= 11 is 0. The van der Waals surface area contributed by atoms with Gasteiger partial charge < -0.3 is 19.1 Å². The molecule has 0 saturated carbocycles. The van der Waals surface area contributed by atoms with Crippen molar-refractivity contribution in [2.75, 3.05) is 37.7 Å². The molecule has 3 heterocycles. The smallest absolute Gasteiger partial charge is 0.259 e. The van der Waals surface area contributed by atoms with Gasteiger partial charge in [0.15, 0.2) is 0 Å². The van der Waals surface area contributed by atoms with Crippen molar-refractivity contribution in [3.8, 4) is 5.88 Å². The summed E-state index contributed by atoms with van der Waals surface area (Å²) in [5.74, 6) is 1.76. The molecule has 2 aromatic rings. The number of carbonyl (C=O) groups is 1. The largest absolute Gasteiger partial charge is 0.478 e. The van der Waals surface area contributed by atoms with Crippen molar-refractivity contribution in [3.05, 3.63) is 28.8 Å². The predicted molar refractivity (Wildman–Crippen MR) is 92.0 cm³/mol. The van der Waals surface area contributed by atoms with Gasteiger partial charge in [0, 0.05) is 37.9 Å². The zero-order chi connectivity index (χ0) is 18.0. The fourth-order valence-corrected chi connectivity index (χ4v) is 2.94. The van der Waals surface area contributed by atoms with Crippen LogP contribution in [0.3, 0.4) is 0 Å². The van der Waals surface area contributed by atoms with E-state index in [1.54, 1.807) is 13.8 Å². The van der Waals surface area contributed by atoms with Gasteiger partial charge in [-0.3, -0.25) is 4.79 Å². The van der Waals surface area contributed by atoms with Gasteiger partial charge in [-0.25, -0.2) is 4.98 Å². The molecule has 1 fully saturated rings. The highest BCUT2D eigenvalue weighted by atomic mass is 16.5. The minimum absolute atomic E-state index is 0.0314. The summed E-state index contributed by atoms with van der Waals surface area (Å²) in [6.45, 7) is 10.5. The summed E-state index contributed by atoms with van der Waals surface area (Å²) in [4.78, 5) is 25.5. The van der Waals surface area contributed by atoms with Crippen LogP contribution in [0, 0.1) is 20.8 Å². The average molecular weight is 345 g/mol. The minimum Gasteiger partial charge on any atom is -0.478 e. The molecule has 0 radical (unpaired) electrons. The van der Waals surface area contributed by atoms with Gasteiger partial charge >= 0.3 is 0 Å². The number of anilines is 1. The van der Waals surface area contributed by atoms with Crippen LogP contribution in [-0.2, 0) is 0 Å². The summed E-state index contributed by atoms with van der Waals surface area (Å²) in [5.41, 5.74) is 2.06. The third-order valence-corrected chi connectivity index (χ3v) is 4.21. The molecule has 0 aromatic carbocycles. The summed E-state index contributed by atoms with van der Waals surface area (Å²) in [6.07, 6.45) is 0. The molecule has 0 aliphatic carbocycles. The van der Waals surface area contributed by atoms with E-state index in [2.05, 4.69) is 20.0 Å². The second kappa shape index (κ2) is 7.08. The van der Waals surface area contributed by atoms with E-state index < -0.39 is 0 Å². The Hall–Kier alpha value is -2.64. The number of carbonyl (C=O) groups excluding carboxylic acids is 1. The number of nitrogens with zero attached hydrogens (tertiary/aromatic N) is 5. The predicted octanol–water partition coefficient (Wildman–Crippen LogP) is 1.75. The highest BCUT2D eigenvalue weighted by Gasteiger charge is 2.27. The second-order valence-corrected chi connectivity index (χ2v) is 6.06. The number of aromatic nitrogens is 3. The van der Waals surface area contributed by atoms with Crippen LogP contribution in [0.15, 0.2) is 10.6 Å². The SMILES string of the molecule is CCOc1cc(C)nc(N2CCN(C(=O)c3c(C)noc3C)CC2)n1. The van der Waals surface area contributed by atoms with E-state index in [1.807, 2.05) is 24.8 Å². The van der Waals surface area contributed by atoms with E-state index in [1.165, 1.54) is 0 Å². The number of hydrogen-bond donors (Lipinski definition) is 0. The van der Waals surface area contributed by atoms with Crippen molar-refractivity contribution < 1.29 is 14.1 Å². The quantitative estimate of drug-likeness (QED) is 0.834. The molecule has 0 N–H and O–H groups in total. The van der Waals surface area contributed by atoms with Crippen molar-refractivity contribution in [2.45, 2.75) is 27.7 Å². The van der Waals surface area contributed by atoms with Crippen LogP contribution in [0.5, 0.6) is 5.88 Å². The zero-order valence-corrected chi connectivity index (χ0v) is 15.1. The molecule has 1 aliphatic rings. The van der Waals surface area contributed by atoms with Crippen LogP contribution in [0.1, 0.15) is 34.4 Å². The topological polar surface area (TPSA) is 84.6 Å². The van der Waals surface area contributed by atoms with Crippen LogP contribution >= 0.6 is 0 Å². The molecule has 0 spiro atoms. The summed E-state index contributed by atoms with van der Waals surface area (Å²) in [6, 6.07) is 1.82. The van der Waals surface area contributed by atoms with Gasteiger partial charge in [0.1, 0.15) is 11.3 Å². The van der Waals surface area contributed by atoms with E-state index in [9.17, 15) is 4.79 Å². The Morgan fingerprint density at radius 2 is 1.92 bits per heavy atom. The average Bonchev–Trinajstić information content (AvgIpc) is 2.93. The molecule has 25 heavy (non-hydrogen) atoms. The Balaban J connectivity index is 1.69. The number of hydrogen-bond acceptors (Lipinski definition) is 7. The lowest BCUT2D eigenvalue weighted by Gasteiger charge is -2.34. The maximum absolute atomic E-state index is 12.7. The third kappa shape index (κ3) is 3.57. The van der Waals surface area contributed by atoms with Gasteiger partial charge in [-0.1, -0.05) is 5.16 Å². The molecule has 134 valence electrons. The third-order valence-electron chi connectivity index (χ3n) is 4.21. The molecule has 8 nitrogen and oxygen atoms in total. The van der Waals surface area contributed by atoms with Crippen molar-refractivity contribution in [1.29, 1.82) is 0 Å². The van der Waals surface area contributed by atoms with Crippen molar-refractivity contribution in [3.63, 3.8) is 0 Å². The number of amides is 1. The lowest BCUT2D eigenvalue weighted by Crippen LogP contribution is -2.49. The van der Waals surface area contributed by atoms with Crippen LogP contribution in [-0.4, -0.2) is 58.7 Å². The number of ether oxygens (including phenoxy) is 1. The molecule has 0 atom stereocenters. The summed E-state index contributed by atoms with van der Waals surface area (Å²) in [5, 5.41) is 3.86. The van der Waals surface area contributed by atoms with Crippen molar-refractivity contribution in [1.82, 2.24) is 20.0 Å². The van der Waals surface area contributed by atoms with Crippen LogP contribution in [0.4, 0.5) is 5.95 Å². The Morgan fingerprint density at radius 1 is 1.20 bits per heavy atom. The van der Waals surface area contributed by atoms with E-state index in [-0.39, 0.29) is 5.91 Å². The van der Waals surface area contributed by atoms with Gasteiger partial charge in [0.05, 0.1) is 12.3 Å². The van der Waals surface area contributed by atoms with E-state index in [4.69, 9.17) is 9.26 Å². The van der Waals surface area contributed by atoms with Crippen LogP contribution in [0.25, 0.3) is 0 Å². The fraction of sp³-hybridized carbons (Fsp3) is 0.529. The van der Waals surface area contributed by atoms with Gasteiger partial charge in [-0.2, -0.15) is 4.98 Å². The summed E-state index contributed by atoms with van der Waals surface area (Å²) in [7, 11) is 0. The first-order valence-corrected chi connectivity index (χ1v) is 8.45. The van der Waals surface area contributed by atoms with Gasteiger partial charge in [0.25, 0.3) is 5.91 Å². The number of piperazine rings is 1. The first-order valence-electron chi connectivity index (χ1n) is 8.45. The van der Waals surface area contributed by atoms with Gasteiger partial charge in [-0.05, 0) is 27.7 Å². The molecule has 2 aromatic heterocycles. The van der Waals surface area contributed by atoms with Crippen LogP contribution in [0.2, 0.25) is 0 Å². The molecule has 1 aliphatic heterocycles. The Kier molecular flexibility index (Phi) is 4.87. The highest BCUT2D eigenvalue weighted by Crippen LogP contribution is 2.20. The van der Waals surface area contributed by atoms with E-state index in [0.717, 1.165) is 5.69 Å². The van der Waals surface area contributed by atoms with Crippen molar-refractivity contribution in [2.24, 2.45) is 0 Å². The molecular weight excluding hydrogens is 322 g/mol. The fourth-order valence-electron chi connectivity index (χ4n) is 2.94. The summed E-state index contributed by atoms with van der Waals surface area (Å²) < 4.78 is 10.6. The lowest BCUT2D eigenvalue weighted by atomic mass is 10.1. The van der Waals surface area contributed by atoms with E-state index >= 15 is 0 Å². The molecule has 1 saturated heterocycles. The second-order valence-electron chi connectivity index (χ2n) is 6.06. The minimum atomic E-state index is -0.0314. The molecule has 3 rings (SSSR count). The van der Waals surface area contributed by atoms with Gasteiger partial charge in [-0.15, -0.1) is 0 Å². The molecule has 0 unspecified atom stereocenters. The first kappa shape index (κ1) is 17.2. The number of rotatable bonds is 4. The molecule has 1 amide bonds. The van der Waals surface area contributed by atoms with Crippen molar-refractivity contribution >= 4 is 11.9 Å². The molecular formula is C17H23N5O3. The van der Waals surface area contributed by atoms with Gasteiger partial charge in [0.2, 0.25) is 11.8 Å². The monoisotopic (exact) mass is 345 g/mol. The number of aryl methyl sites for hydroxylation is 3. The van der Waals surface area contributed by atoms with Crippen LogP contribution < -0.4 is 9.64 Å². The normalized spacial score (nSPS) is 14.7. The van der Waals surface area contributed by atoms with E-state index in [0.29, 0.717) is 61.6 Å². The zero-order valence-electron chi connectivity index (χ0n) is 15.1. The highest BCUT2D eigenvalue weighted by molar-refractivity contribution is 5.96.